The van der Waals surface area contributed by atoms with Crippen molar-refractivity contribution in [3.8, 4) is 0 Å². The van der Waals surface area contributed by atoms with E-state index < -0.39 is 15.9 Å². The summed E-state index contributed by atoms with van der Waals surface area (Å²) in [6, 6.07) is 6.03. The Kier molecular flexibility index (Phi) is 5.10. The van der Waals surface area contributed by atoms with Crippen LogP contribution >= 0.6 is 0 Å². The van der Waals surface area contributed by atoms with Crippen LogP contribution in [0.4, 0.5) is 5.69 Å². The van der Waals surface area contributed by atoms with Crippen LogP contribution in [0, 0.1) is 0 Å². The molecule has 2 heterocycles. The predicted molar refractivity (Wildman–Crippen MR) is 93.4 cm³/mol. The average molecular weight is 365 g/mol. The topological polar surface area (TPSA) is 101 Å². The smallest absolute Gasteiger partial charge is 0.243 e. The van der Waals surface area contributed by atoms with Crippen molar-refractivity contribution in [2.75, 3.05) is 18.0 Å². The molecule has 0 spiro atoms. The summed E-state index contributed by atoms with van der Waals surface area (Å²) in [7, 11) is -3.69. The van der Waals surface area contributed by atoms with Gasteiger partial charge in [0.1, 0.15) is 0 Å². The summed E-state index contributed by atoms with van der Waals surface area (Å²) in [6.07, 6.45) is 3.70. The van der Waals surface area contributed by atoms with Crippen molar-refractivity contribution < 1.29 is 18.0 Å². The SMILES string of the molecule is NC(=O)C[C@H]1CCCCN1S(=O)(=O)c1ccc(N2CCCC2=O)cc1. The summed E-state index contributed by atoms with van der Waals surface area (Å²) in [5.74, 6) is -0.428. The maximum absolute atomic E-state index is 13.0. The molecule has 3 rings (SSSR count). The second-order valence-corrected chi connectivity index (χ2v) is 8.47. The van der Waals surface area contributed by atoms with Crippen LogP contribution in [0.5, 0.6) is 0 Å². The number of nitrogens with zero attached hydrogens (tertiary/aromatic N) is 2. The van der Waals surface area contributed by atoms with Crippen molar-refractivity contribution in [2.24, 2.45) is 5.73 Å². The molecule has 2 fully saturated rings. The number of benzene rings is 1. The van der Waals surface area contributed by atoms with E-state index in [1.807, 2.05) is 0 Å². The van der Waals surface area contributed by atoms with E-state index in [-0.39, 0.29) is 23.3 Å². The van der Waals surface area contributed by atoms with Crippen molar-refractivity contribution in [2.45, 2.75) is 49.5 Å². The molecule has 1 atom stereocenters. The number of amides is 2. The maximum atomic E-state index is 13.0. The lowest BCUT2D eigenvalue weighted by atomic mass is 10.0. The molecule has 0 aromatic heterocycles. The van der Waals surface area contributed by atoms with Crippen LogP contribution in [0.1, 0.15) is 38.5 Å². The monoisotopic (exact) mass is 365 g/mol. The molecule has 1 aromatic rings. The minimum atomic E-state index is -3.69. The van der Waals surface area contributed by atoms with Crippen LogP contribution in [-0.2, 0) is 19.6 Å². The normalized spacial score (nSPS) is 22.3. The summed E-state index contributed by atoms with van der Waals surface area (Å²) in [4.78, 5) is 24.9. The molecule has 0 aliphatic carbocycles. The molecular weight excluding hydrogens is 342 g/mol. The van der Waals surface area contributed by atoms with Crippen molar-refractivity contribution in [1.29, 1.82) is 0 Å². The first kappa shape index (κ1) is 17.9. The zero-order chi connectivity index (χ0) is 18.0. The lowest BCUT2D eigenvalue weighted by Crippen LogP contribution is -2.45. The van der Waals surface area contributed by atoms with Gasteiger partial charge in [0.25, 0.3) is 0 Å². The molecule has 2 N–H and O–H groups in total. The zero-order valence-corrected chi connectivity index (χ0v) is 14.9. The number of rotatable bonds is 5. The van der Waals surface area contributed by atoms with E-state index in [1.54, 1.807) is 17.0 Å². The van der Waals surface area contributed by atoms with Crippen molar-refractivity contribution in [3.63, 3.8) is 0 Å². The Morgan fingerprint density at radius 3 is 2.44 bits per heavy atom. The van der Waals surface area contributed by atoms with Gasteiger partial charge in [-0.15, -0.1) is 0 Å². The summed E-state index contributed by atoms with van der Waals surface area (Å²) in [6.45, 7) is 1.06. The standard InChI is InChI=1S/C17H23N3O4S/c18-16(21)12-14-4-1-2-11-20(14)25(23,24)15-8-6-13(7-9-15)19-10-3-5-17(19)22/h6-9,14H,1-5,10-12H2,(H2,18,21)/t14-/m1/s1. The number of piperidine rings is 1. The van der Waals surface area contributed by atoms with Gasteiger partial charge in [0.05, 0.1) is 4.90 Å². The van der Waals surface area contributed by atoms with Crippen molar-refractivity contribution in [3.05, 3.63) is 24.3 Å². The Morgan fingerprint density at radius 2 is 1.84 bits per heavy atom. The molecule has 7 nitrogen and oxygen atoms in total. The summed E-state index contributed by atoms with van der Waals surface area (Å²) >= 11 is 0. The van der Waals surface area contributed by atoms with Crippen LogP contribution in [0.15, 0.2) is 29.2 Å². The van der Waals surface area contributed by atoms with E-state index >= 15 is 0 Å². The van der Waals surface area contributed by atoms with Gasteiger partial charge in [-0.3, -0.25) is 9.59 Å². The predicted octanol–water partition coefficient (Wildman–Crippen LogP) is 1.23. The third kappa shape index (κ3) is 3.69. The van der Waals surface area contributed by atoms with Crippen LogP contribution in [0.3, 0.4) is 0 Å². The zero-order valence-electron chi connectivity index (χ0n) is 14.1. The van der Waals surface area contributed by atoms with Crippen LogP contribution in [0.2, 0.25) is 0 Å². The fraction of sp³-hybridized carbons (Fsp3) is 0.529. The summed E-state index contributed by atoms with van der Waals surface area (Å²) < 4.78 is 27.3. The first-order valence-corrected chi connectivity index (χ1v) is 10.0. The Morgan fingerprint density at radius 1 is 1.12 bits per heavy atom. The first-order valence-electron chi connectivity index (χ1n) is 8.60. The second kappa shape index (κ2) is 7.13. The van der Waals surface area contributed by atoms with Gasteiger partial charge < -0.3 is 10.6 Å². The molecule has 0 unspecified atom stereocenters. The highest BCUT2D eigenvalue weighted by molar-refractivity contribution is 7.89. The molecule has 136 valence electrons. The average Bonchev–Trinajstić information content (AvgIpc) is 3.01. The quantitative estimate of drug-likeness (QED) is 0.848. The number of sulfonamides is 1. The molecule has 2 saturated heterocycles. The summed E-state index contributed by atoms with van der Waals surface area (Å²) in [5.41, 5.74) is 5.99. The van der Waals surface area contributed by atoms with Crippen LogP contribution in [0.25, 0.3) is 0 Å². The van der Waals surface area contributed by atoms with Gasteiger partial charge in [0.15, 0.2) is 0 Å². The third-order valence-electron chi connectivity index (χ3n) is 4.84. The molecule has 0 bridgehead atoms. The van der Waals surface area contributed by atoms with E-state index in [1.165, 1.54) is 16.4 Å². The Balaban J connectivity index is 1.83. The Labute approximate surface area is 147 Å². The lowest BCUT2D eigenvalue weighted by molar-refractivity contribution is -0.119. The third-order valence-corrected chi connectivity index (χ3v) is 6.80. The lowest BCUT2D eigenvalue weighted by Gasteiger charge is -2.34. The molecule has 2 amide bonds. The van der Waals surface area contributed by atoms with E-state index in [4.69, 9.17) is 5.73 Å². The highest BCUT2D eigenvalue weighted by Crippen LogP contribution is 2.29. The molecule has 25 heavy (non-hydrogen) atoms. The van der Waals surface area contributed by atoms with Gasteiger partial charge in [-0.25, -0.2) is 8.42 Å². The highest BCUT2D eigenvalue weighted by atomic mass is 32.2. The van der Waals surface area contributed by atoms with Crippen LogP contribution < -0.4 is 10.6 Å². The maximum Gasteiger partial charge on any atom is 0.243 e. The fourth-order valence-corrected chi connectivity index (χ4v) is 5.27. The molecular formula is C17H23N3O4S. The van der Waals surface area contributed by atoms with Gasteiger partial charge in [-0.1, -0.05) is 6.42 Å². The minimum absolute atomic E-state index is 0.0413. The van der Waals surface area contributed by atoms with Gasteiger partial charge in [-0.2, -0.15) is 4.31 Å². The first-order chi connectivity index (χ1) is 11.9. The summed E-state index contributed by atoms with van der Waals surface area (Å²) in [5, 5.41) is 0. The number of carbonyl (C=O) groups excluding carboxylic acids is 2. The second-order valence-electron chi connectivity index (χ2n) is 6.58. The number of anilines is 1. The number of primary amides is 1. The van der Waals surface area contributed by atoms with E-state index in [9.17, 15) is 18.0 Å². The fourth-order valence-electron chi connectivity index (χ4n) is 3.58. The van der Waals surface area contributed by atoms with E-state index in [2.05, 4.69) is 0 Å². The molecule has 0 radical (unpaired) electrons. The van der Waals surface area contributed by atoms with Gasteiger partial charge in [0.2, 0.25) is 21.8 Å². The number of nitrogens with two attached hydrogens (primary N) is 1. The minimum Gasteiger partial charge on any atom is -0.370 e. The van der Waals surface area contributed by atoms with Gasteiger partial charge >= 0.3 is 0 Å². The molecule has 1 aromatic carbocycles. The molecule has 8 heteroatoms. The molecule has 2 aliphatic heterocycles. The van der Waals surface area contributed by atoms with Crippen LogP contribution in [-0.4, -0.2) is 43.7 Å². The number of hydrogen-bond donors (Lipinski definition) is 1. The van der Waals surface area contributed by atoms with Crippen molar-refractivity contribution >= 4 is 27.5 Å². The van der Waals surface area contributed by atoms with Gasteiger partial charge in [-0.05, 0) is 43.5 Å². The highest BCUT2D eigenvalue weighted by Gasteiger charge is 2.34. The molecule has 0 saturated carbocycles. The number of carbonyl (C=O) groups is 2. The Hall–Kier alpha value is -1.93. The van der Waals surface area contributed by atoms with E-state index in [0.29, 0.717) is 31.6 Å². The Bertz CT molecular complexity index is 761. The van der Waals surface area contributed by atoms with E-state index in [0.717, 1.165) is 19.3 Å². The number of hydrogen-bond acceptors (Lipinski definition) is 4. The molecule has 2 aliphatic rings. The van der Waals surface area contributed by atoms with Gasteiger partial charge in [0, 0.05) is 37.7 Å². The van der Waals surface area contributed by atoms with Crippen molar-refractivity contribution in [1.82, 2.24) is 4.31 Å². The largest absolute Gasteiger partial charge is 0.370 e.